The number of ether oxygens (including phenoxy) is 2. The molecule has 0 radical (unpaired) electrons. The molecule has 12 heteroatoms. The fourth-order valence-corrected chi connectivity index (χ4v) is 4.41. The standard InChI is InChI=1S/C29H27N5O7/c1-6-18-15-39-26(32-18)17-9-10-19-22(12-17)41-25-24(19)40-16-29(2,34(27(25)36)14-23(35)33(3)4)28(37)31-13-20-21(38-5)8-7-11-30-20/h1,7-12,15H,13-14,16H2,2-5H3,(H,31,37). The molecule has 41 heavy (non-hydrogen) atoms. The number of nitrogens with zero attached hydrogens (tertiary/aromatic N) is 4. The maximum Gasteiger partial charge on any atom is 0.295 e. The highest BCUT2D eigenvalue weighted by molar-refractivity contribution is 6.06. The van der Waals surface area contributed by atoms with Gasteiger partial charge < -0.3 is 33.4 Å². The quantitative estimate of drug-likeness (QED) is 0.339. The molecule has 5 rings (SSSR count). The first-order valence-electron chi connectivity index (χ1n) is 12.6. The predicted molar refractivity (Wildman–Crippen MR) is 146 cm³/mol. The van der Waals surface area contributed by atoms with Gasteiger partial charge in [0.15, 0.2) is 17.0 Å². The molecule has 0 saturated heterocycles. The number of likely N-dealkylation sites (N-methyl/N-ethyl adjacent to an activating group) is 1. The summed E-state index contributed by atoms with van der Waals surface area (Å²) < 4.78 is 22.8. The Morgan fingerprint density at radius 2 is 2.10 bits per heavy atom. The second-order valence-electron chi connectivity index (χ2n) is 9.73. The average molecular weight is 558 g/mol. The molecule has 0 fully saturated rings. The van der Waals surface area contributed by atoms with E-state index in [-0.39, 0.29) is 43.0 Å². The molecule has 0 aliphatic carbocycles. The largest absolute Gasteiger partial charge is 0.495 e. The summed E-state index contributed by atoms with van der Waals surface area (Å²) in [6, 6.07) is 8.51. The van der Waals surface area contributed by atoms with Crippen LogP contribution in [0.4, 0.5) is 0 Å². The van der Waals surface area contributed by atoms with Crippen LogP contribution in [0.3, 0.4) is 0 Å². The lowest BCUT2D eigenvalue weighted by Gasteiger charge is -2.37. The first-order chi connectivity index (χ1) is 19.7. The van der Waals surface area contributed by atoms with Gasteiger partial charge in [-0.15, -0.1) is 6.42 Å². The van der Waals surface area contributed by atoms with E-state index in [0.717, 1.165) is 0 Å². The summed E-state index contributed by atoms with van der Waals surface area (Å²) in [6.45, 7) is 0.925. The van der Waals surface area contributed by atoms with Crippen LogP contribution in [0.2, 0.25) is 0 Å². The van der Waals surface area contributed by atoms with E-state index in [2.05, 4.69) is 21.2 Å². The molecule has 210 valence electrons. The van der Waals surface area contributed by atoms with E-state index in [4.69, 9.17) is 24.7 Å². The molecular formula is C29H27N5O7. The topological polar surface area (TPSA) is 140 Å². The number of terminal acetylenes is 1. The number of pyridine rings is 1. The van der Waals surface area contributed by atoms with Crippen molar-refractivity contribution in [3.63, 3.8) is 0 Å². The molecule has 0 saturated carbocycles. The third kappa shape index (κ3) is 4.93. The summed E-state index contributed by atoms with van der Waals surface area (Å²) in [5.41, 5.74) is 0.161. The van der Waals surface area contributed by atoms with Crippen LogP contribution in [-0.4, -0.2) is 77.4 Å². The van der Waals surface area contributed by atoms with Gasteiger partial charge in [-0.2, -0.15) is 0 Å². The number of hydrogen-bond donors (Lipinski definition) is 1. The number of benzene rings is 1. The predicted octanol–water partition coefficient (Wildman–Crippen LogP) is 2.47. The van der Waals surface area contributed by atoms with Crippen LogP contribution in [0.15, 0.2) is 51.6 Å². The van der Waals surface area contributed by atoms with Crippen LogP contribution in [0, 0.1) is 12.3 Å². The number of hydrogen-bond acceptors (Lipinski definition) is 9. The van der Waals surface area contributed by atoms with E-state index in [1.807, 2.05) is 0 Å². The lowest BCUT2D eigenvalue weighted by atomic mass is 9.99. The molecule has 0 spiro atoms. The number of carbonyl (C=O) groups is 3. The monoisotopic (exact) mass is 557 g/mol. The number of carbonyl (C=O) groups excluding carboxylic acids is 3. The van der Waals surface area contributed by atoms with E-state index in [1.165, 1.54) is 30.1 Å². The Balaban J connectivity index is 1.50. The van der Waals surface area contributed by atoms with Gasteiger partial charge in [0.05, 0.1) is 19.0 Å². The Morgan fingerprint density at radius 3 is 2.80 bits per heavy atom. The summed E-state index contributed by atoms with van der Waals surface area (Å²) in [4.78, 5) is 51.5. The van der Waals surface area contributed by atoms with Gasteiger partial charge in [-0.3, -0.25) is 19.4 Å². The molecule has 4 heterocycles. The molecule has 1 N–H and O–H groups in total. The SMILES string of the molecule is C#Cc1coc(-c2ccc3c4c(oc3c2)C(=O)N(CC(=O)N(C)C)C(C)(C(=O)NCc2ncccc2OC)CO4)n1. The lowest BCUT2D eigenvalue weighted by Crippen LogP contribution is -2.62. The summed E-state index contributed by atoms with van der Waals surface area (Å²) in [7, 11) is 4.63. The third-order valence-corrected chi connectivity index (χ3v) is 6.84. The van der Waals surface area contributed by atoms with E-state index >= 15 is 0 Å². The first kappa shape index (κ1) is 27.3. The Labute approximate surface area is 235 Å². The van der Waals surface area contributed by atoms with Crippen molar-refractivity contribution in [1.29, 1.82) is 0 Å². The van der Waals surface area contributed by atoms with Crippen LogP contribution < -0.4 is 14.8 Å². The maximum absolute atomic E-state index is 14.0. The summed E-state index contributed by atoms with van der Waals surface area (Å²) in [5, 5.41) is 3.31. The van der Waals surface area contributed by atoms with Crippen molar-refractivity contribution >= 4 is 28.7 Å². The van der Waals surface area contributed by atoms with Crippen LogP contribution in [0.1, 0.15) is 28.9 Å². The second kappa shape index (κ2) is 10.7. The van der Waals surface area contributed by atoms with E-state index in [9.17, 15) is 14.4 Å². The number of aromatic nitrogens is 2. The molecule has 1 atom stereocenters. The van der Waals surface area contributed by atoms with E-state index in [1.54, 1.807) is 50.6 Å². The highest BCUT2D eigenvalue weighted by atomic mass is 16.5. The molecule has 3 aromatic heterocycles. The molecule has 1 aromatic carbocycles. The normalized spacial score (nSPS) is 16.4. The number of oxazole rings is 1. The number of nitrogens with one attached hydrogen (secondary N) is 1. The number of methoxy groups -OCH3 is 1. The zero-order valence-corrected chi connectivity index (χ0v) is 22.9. The lowest BCUT2D eigenvalue weighted by molar-refractivity contribution is -0.137. The summed E-state index contributed by atoms with van der Waals surface area (Å²) in [6.07, 6.45) is 8.33. The molecule has 0 bridgehead atoms. The van der Waals surface area contributed by atoms with Gasteiger partial charge in [0.1, 0.15) is 36.4 Å². The van der Waals surface area contributed by atoms with Gasteiger partial charge in [-0.25, -0.2) is 4.98 Å². The molecule has 12 nitrogen and oxygen atoms in total. The van der Waals surface area contributed by atoms with Crippen molar-refractivity contribution in [3.05, 3.63) is 59.9 Å². The fourth-order valence-electron chi connectivity index (χ4n) is 4.41. The minimum absolute atomic E-state index is 0.0273. The minimum Gasteiger partial charge on any atom is -0.495 e. The minimum atomic E-state index is -1.58. The maximum atomic E-state index is 14.0. The van der Waals surface area contributed by atoms with Crippen molar-refractivity contribution < 1.29 is 32.7 Å². The Kier molecular flexibility index (Phi) is 7.11. The molecule has 4 aromatic rings. The van der Waals surface area contributed by atoms with Gasteiger partial charge >= 0.3 is 0 Å². The Morgan fingerprint density at radius 1 is 1.29 bits per heavy atom. The number of furan rings is 1. The van der Waals surface area contributed by atoms with Crippen LogP contribution in [0.25, 0.3) is 22.4 Å². The number of fused-ring (bicyclic) bond motifs is 3. The first-order valence-corrected chi connectivity index (χ1v) is 12.6. The van der Waals surface area contributed by atoms with Gasteiger partial charge in [-0.1, -0.05) is 0 Å². The van der Waals surface area contributed by atoms with Crippen molar-refractivity contribution in [1.82, 2.24) is 25.1 Å². The molecular weight excluding hydrogens is 530 g/mol. The third-order valence-electron chi connectivity index (χ3n) is 6.84. The van der Waals surface area contributed by atoms with Crippen LogP contribution in [-0.2, 0) is 16.1 Å². The van der Waals surface area contributed by atoms with Gasteiger partial charge in [0.25, 0.3) is 5.91 Å². The highest BCUT2D eigenvalue weighted by Gasteiger charge is 2.48. The van der Waals surface area contributed by atoms with Crippen molar-refractivity contribution in [2.45, 2.75) is 19.0 Å². The fraction of sp³-hybridized carbons (Fsp3) is 0.276. The second-order valence-corrected chi connectivity index (χ2v) is 9.73. The summed E-state index contributed by atoms with van der Waals surface area (Å²) in [5.74, 6) is 1.60. The molecule has 1 aliphatic rings. The summed E-state index contributed by atoms with van der Waals surface area (Å²) >= 11 is 0. The Hall–Kier alpha value is -5.31. The Bertz CT molecular complexity index is 1700. The molecule has 1 aliphatic heterocycles. The molecule has 1 unspecified atom stereocenters. The van der Waals surface area contributed by atoms with Crippen molar-refractivity contribution in [2.75, 3.05) is 34.4 Å². The van der Waals surface area contributed by atoms with Crippen LogP contribution in [0.5, 0.6) is 11.5 Å². The van der Waals surface area contributed by atoms with Crippen molar-refractivity contribution in [3.8, 4) is 35.3 Å². The smallest absolute Gasteiger partial charge is 0.295 e. The van der Waals surface area contributed by atoms with Gasteiger partial charge in [0, 0.05) is 25.9 Å². The molecule has 3 amide bonds. The zero-order valence-electron chi connectivity index (χ0n) is 22.9. The zero-order chi connectivity index (χ0) is 29.3. The van der Waals surface area contributed by atoms with Gasteiger partial charge in [0.2, 0.25) is 23.5 Å². The van der Waals surface area contributed by atoms with E-state index in [0.29, 0.717) is 33.7 Å². The highest BCUT2D eigenvalue weighted by Crippen LogP contribution is 2.40. The van der Waals surface area contributed by atoms with E-state index < -0.39 is 17.4 Å². The van der Waals surface area contributed by atoms with Crippen molar-refractivity contribution in [2.24, 2.45) is 0 Å². The number of rotatable bonds is 7. The van der Waals surface area contributed by atoms with Gasteiger partial charge in [-0.05, 0) is 43.2 Å². The number of amides is 3. The van der Waals surface area contributed by atoms with Crippen LogP contribution >= 0.6 is 0 Å². The average Bonchev–Trinajstić information content (AvgIpc) is 3.59.